The van der Waals surface area contributed by atoms with E-state index in [4.69, 9.17) is 11.6 Å². The third-order valence-corrected chi connectivity index (χ3v) is 7.06. The van der Waals surface area contributed by atoms with Crippen LogP contribution in [0.1, 0.15) is 29.2 Å². The van der Waals surface area contributed by atoms with Crippen LogP contribution in [-0.4, -0.2) is 20.2 Å². The van der Waals surface area contributed by atoms with Crippen LogP contribution in [0.25, 0.3) is 0 Å². The Hall–Kier alpha value is -3.20. The van der Waals surface area contributed by atoms with Gasteiger partial charge < -0.3 is 10.6 Å². The summed E-state index contributed by atoms with van der Waals surface area (Å²) in [5.74, 6) is -0.645. The van der Waals surface area contributed by atoms with Crippen LogP contribution in [0.5, 0.6) is 0 Å². The Morgan fingerprint density at radius 1 is 1.03 bits per heavy atom. The molecule has 9 heteroatoms. The summed E-state index contributed by atoms with van der Waals surface area (Å²) in [7, 11) is -4.06. The predicted molar refractivity (Wildman–Crippen MR) is 128 cm³/mol. The van der Waals surface area contributed by atoms with Gasteiger partial charge in [0.2, 0.25) is 21.8 Å². The van der Waals surface area contributed by atoms with Crippen molar-refractivity contribution < 1.29 is 18.0 Å². The van der Waals surface area contributed by atoms with Gasteiger partial charge in [0.1, 0.15) is 6.04 Å². The Labute approximate surface area is 197 Å². The Morgan fingerprint density at radius 2 is 1.79 bits per heavy atom. The number of amides is 2. The minimum absolute atomic E-state index is 0.0186. The first-order valence-electron chi connectivity index (χ1n) is 10.3. The summed E-state index contributed by atoms with van der Waals surface area (Å²) in [4.78, 5) is 24.8. The van der Waals surface area contributed by atoms with Crippen molar-refractivity contribution in [3.05, 3.63) is 88.4 Å². The lowest BCUT2D eigenvalue weighted by molar-refractivity contribution is -0.118. The highest BCUT2D eigenvalue weighted by Gasteiger charge is 2.28. The lowest BCUT2D eigenvalue weighted by Gasteiger charge is -2.21. The average Bonchev–Trinajstić information content (AvgIpc) is 2.80. The van der Waals surface area contributed by atoms with Crippen molar-refractivity contribution in [1.82, 2.24) is 4.72 Å². The molecule has 0 fully saturated rings. The number of nitrogens with one attached hydrogen (secondary N) is 3. The van der Waals surface area contributed by atoms with E-state index in [9.17, 15) is 18.0 Å². The van der Waals surface area contributed by atoms with Crippen LogP contribution in [0.15, 0.2) is 71.6 Å². The first-order chi connectivity index (χ1) is 15.7. The molecule has 1 heterocycles. The van der Waals surface area contributed by atoms with Crippen molar-refractivity contribution in [2.24, 2.45) is 0 Å². The van der Waals surface area contributed by atoms with E-state index in [1.165, 1.54) is 12.1 Å². The van der Waals surface area contributed by atoms with E-state index >= 15 is 0 Å². The molecule has 1 atom stereocenters. The molecular formula is C24H22ClN3O4S. The SMILES string of the molecule is Cc1ccc(Cl)cc1NC(=O)C(NS(=O)(=O)c1ccc2c(c1)CCC(=O)N2)c1ccccc1. The Kier molecular flexibility index (Phi) is 6.51. The van der Waals surface area contributed by atoms with E-state index in [1.54, 1.807) is 54.6 Å². The van der Waals surface area contributed by atoms with E-state index in [-0.39, 0.29) is 17.2 Å². The molecule has 0 aromatic heterocycles. The number of hydrogen-bond acceptors (Lipinski definition) is 4. The number of aryl methyl sites for hydroxylation is 2. The highest BCUT2D eigenvalue weighted by molar-refractivity contribution is 7.89. The number of hydrogen-bond donors (Lipinski definition) is 3. The molecule has 3 aromatic carbocycles. The topological polar surface area (TPSA) is 104 Å². The smallest absolute Gasteiger partial charge is 0.247 e. The van der Waals surface area contributed by atoms with Gasteiger partial charge >= 0.3 is 0 Å². The van der Waals surface area contributed by atoms with Gasteiger partial charge in [-0.15, -0.1) is 0 Å². The molecule has 0 aliphatic carbocycles. The molecule has 7 nitrogen and oxygen atoms in total. The van der Waals surface area contributed by atoms with E-state index < -0.39 is 22.0 Å². The quantitative estimate of drug-likeness (QED) is 0.489. The number of anilines is 2. The van der Waals surface area contributed by atoms with Crippen LogP contribution in [0.4, 0.5) is 11.4 Å². The summed E-state index contributed by atoms with van der Waals surface area (Å²) < 4.78 is 29.0. The molecule has 2 amide bonds. The summed E-state index contributed by atoms with van der Waals surface area (Å²) in [6, 6.07) is 17.0. The largest absolute Gasteiger partial charge is 0.326 e. The third kappa shape index (κ3) is 5.24. The van der Waals surface area contributed by atoms with Gasteiger partial charge in [-0.2, -0.15) is 4.72 Å². The van der Waals surface area contributed by atoms with Crippen LogP contribution in [0, 0.1) is 6.92 Å². The molecule has 1 unspecified atom stereocenters. The fourth-order valence-corrected chi connectivity index (χ4v) is 5.01. The first kappa shape index (κ1) is 23.0. The number of rotatable bonds is 6. The second kappa shape index (κ2) is 9.35. The summed E-state index contributed by atoms with van der Waals surface area (Å²) >= 11 is 6.06. The maximum Gasteiger partial charge on any atom is 0.247 e. The highest BCUT2D eigenvalue weighted by atomic mass is 35.5. The van der Waals surface area contributed by atoms with Gasteiger partial charge in [0, 0.05) is 22.8 Å². The second-order valence-corrected chi connectivity index (χ2v) is 9.93. The fourth-order valence-electron chi connectivity index (χ4n) is 3.60. The zero-order chi connectivity index (χ0) is 23.6. The van der Waals surface area contributed by atoms with Crippen molar-refractivity contribution >= 4 is 44.8 Å². The van der Waals surface area contributed by atoms with Crippen LogP contribution < -0.4 is 15.4 Å². The van der Waals surface area contributed by atoms with Crippen molar-refractivity contribution in [2.75, 3.05) is 10.6 Å². The Balaban J connectivity index is 1.65. The van der Waals surface area contributed by atoms with Gasteiger partial charge in [-0.25, -0.2) is 8.42 Å². The summed E-state index contributed by atoms with van der Waals surface area (Å²) in [6.07, 6.45) is 0.735. The molecule has 0 saturated carbocycles. The summed E-state index contributed by atoms with van der Waals surface area (Å²) in [5, 5.41) is 5.96. The number of halogens is 1. The summed E-state index contributed by atoms with van der Waals surface area (Å²) in [6.45, 7) is 1.82. The van der Waals surface area contributed by atoms with Gasteiger partial charge in [0.15, 0.2) is 0 Å². The van der Waals surface area contributed by atoms with Crippen molar-refractivity contribution in [3.63, 3.8) is 0 Å². The van der Waals surface area contributed by atoms with Crippen LogP contribution in [0.2, 0.25) is 5.02 Å². The Bertz CT molecular complexity index is 1330. The molecule has 0 radical (unpaired) electrons. The van der Waals surface area contributed by atoms with E-state index in [2.05, 4.69) is 15.4 Å². The average molecular weight is 484 g/mol. The number of carbonyl (C=O) groups excluding carboxylic acids is 2. The molecule has 4 rings (SSSR count). The molecular weight excluding hydrogens is 462 g/mol. The van der Waals surface area contributed by atoms with Crippen molar-refractivity contribution in [2.45, 2.75) is 30.7 Å². The van der Waals surface area contributed by atoms with Gasteiger partial charge in [-0.1, -0.05) is 48.0 Å². The molecule has 0 bridgehead atoms. The maximum atomic E-state index is 13.2. The zero-order valence-corrected chi connectivity index (χ0v) is 19.3. The molecule has 0 saturated heterocycles. The molecule has 33 heavy (non-hydrogen) atoms. The number of sulfonamides is 1. The summed E-state index contributed by atoms with van der Waals surface area (Å²) in [5.41, 5.74) is 3.10. The third-order valence-electron chi connectivity index (χ3n) is 5.41. The lowest BCUT2D eigenvalue weighted by atomic mass is 10.0. The predicted octanol–water partition coefficient (Wildman–Crippen LogP) is 4.19. The lowest BCUT2D eigenvalue weighted by Crippen LogP contribution is -2.37. The van der Waals surface area contributed by atoms with Gasteiger partial charge in [-0.05, 0) is 60.4 Å². The maximum absolute atomic E-state index is 13.2. The van der Waals surface area contributed by atoms with Crippen LogP contribution in [0.3, 0.4) is 0 Å². The van der Waals surface area contributed by atoms with Crippen molar-refractivity contribution in [1.29, 1.82) is 0 Å². The number of benzene rings is 3. The molecule has 1 aliphatic rings. The number of fused-ring (bicyclic) bond motifs is 1. The molecule has 1 aliphatic heterocycles. The van der Waals surface area contributed by atoms with Crippen LogP contribution >= 0.6 is 11.6 Å². The molecule has 0 spiro atoms. The standard InChI is InChI=1S/C24H22ClN3O4S/c1-15-7-9-18(25)14-21(15)27-24(30)23(16-5-3-2-4-6-16)28-33(31,32)19-10-11-20-17(13-19)8-12-22(29)26-20/h2-7,9-11,13-14,23,28H,8,12H2,1H3,(H,26,29)(H,27,30). The van der Waals surface area contributed by atoms with Gasteiger partial charge in [0.05, 0.1) is 4.90 Å². The molecule has 3 aromatic rings. The van der Waals surface area contributed by atoms with Gasteiger partial charge in [0.25, 0.3) is 0 Å². The Morgan fingerprint density at radius 3 is 2.55 bits per heavy atom. The van der Waals surface area contributed by atoms with Gasteiger partial charge in [-0.3, -0.25) is 9.59 Å². The van der Waals surface area contributed by atoms with Crippen molar-refractivity contribution in [3.8, 4) is 0 Å². The van der Waals surface area contributed by atoms with E-state index in [0.717, 1.165) is 11.1 Å². The van der Waals surface area contributed by atoms with E-state index in [1.807, 2.05) is 6.92 Å². The molecule has 3 N–H and O–H groups in total. The highest BCUT2D eigenvalue weighted by Crippen LogP contribution is 2.27. The van der Waals surface area contributed by atoms with Crippen LogP contribution in [-0.2, 0) is 26.0 Å². The minimum atomic E-state index is -4.06. The van der Waals surface area contributed by atoms with E-state index in [0.29, 0.717) is 28.4 Å². The normalized spacial score (nSPS) is 14.2. The number of carbonyl (C=O) groups is 2. The molecule has 170 valence electrons. The fraction of sp³-hybridized carbons (Fsp3) is 0.167. The first-order valence-corrected chi connectivity index (χ1v) is 12.2. The monoisotopic (exact) mass is 483 g/mol. The minimum Gasteiger partial charge on any atom is -0.326 e. The second-order valence-electron chi connectivity index (χ2n) is 7.78. The zero-order valence-electron chi connectivity index (χ0n) is 17.8.